The molecule has 1 rings (SSSR count). The molecule has 1 unspecified atom stereocenters. The van der Waals surface area contributed by atoms with Crippen molar-refractivity contribution in [2.75, 3.05) is 20.1 Å². The molecule has 0 fully saturated rings. The minimum Gasteiger partial charge on any atom is -0.355 e. The second-order valence-corrected chi connectivity index (χ2v) is 4.41. The lowest BCUT2D eigenvalue weighted by Crippen LogP contribution is -2.35. The summed E-state index contributed by atoms with van der Waals surface area (Å²) in [5.74, 6) is 0.164. The largest absolute Gasteiger partial charge is 0.355 e. The van der Waals surface area contributed by atoms with Crippen molar-refractivity contribution >= 4 is 17.2 Å². The fraction of sp³-hybridized carbons (Fsp3) is 0.545. The highest BCUT2D eigenvalue weighted by molar-refractivity contribution is 7.07. The van der Waals surface area contributed by atoms with E-state index >= 15 is 0 Å². The molecular weight excluding hydrogens is 208 g/mol. The van der Waals surface area contributed by atoms with Crippen LogP contribution in [0.1, 0.15) is 12.5 Å². The SMILES string of the molecule is CNCC(C)C(=O)NCCc1ccsc1. The fourth-order valence-electron chi connectivity index (χ4n) is 1.34. The Morgan fingerprint density at radius 3 is 3.00 bits per heavy atom. The highest BCUT2D eigenvalue weighted by Gasteiger charge is 2.10. The number of carbonyl (C=O) groups is 1. The standard InChI is InChI=1S/C11H18N2OS/c1-9(7-12-2)11(14)13-5-3-10-4-6-15-8-10/h4,6,8-9,12H,3,5,7H2,1-2H3,(H,13,14). The molecule has 0 saturated carbocycles. The monoisotopic (exact) mass is 226 g/mol. The zero-order valence-corrected chi connectivity index (χ0v) is 10.1. The van der Waals surface area contributed by atoms with Gasteiger partial charge in [0.05, 0.1) is 0 Å². The lowest BCUT2D eigenvalue weighted by Gasteiger charge is -2.10. The van der Waals surface area contributed by atoms with E-state index in [0.29, 0.717) is 0 Å². The average Bonchev–Trinajstić information content (AvgIpc) is 2.71. The maximum Gasteiger partial charge on any atom is 0.224 e. The molecule has 0 aromatic carbocycles. The van der Waals surface area contributed by atoms with E-state index in [1.807, 2.05) is 14.0 Å². The van der Waals surface area contributed by atoms with Gasteiger partial charge in [0.15, 0.2) is 0 Å². The minimum atomic E-state index is 0.0393. The van der Waals surface area contributed by atoms with E-state index in [4.69, 9.17) is 0 Å². The predicted octanol–water partition coefficient (Wildman–Crippen LogP) is 1.26. The first kappa shape index (κ1) is 12.2. The molecule has 1 heterocycles. The molecule has 1 aromatic heterocycles. The summed E-state index contributed by atoms with van der Waals surface area (Å²) in [5, 5.41) is 10.1. The van der Waals surface area contributed by atoms with Crippen molar-refractivity contribution in [1.29, 1.82) is 0 Å². The predicted molar refractivity (Wildman–Crippen MR) is 64.1 cm³/mol. The maximum absolute atomic E-state index is 11.5. The van der Waals surface area contributed by atoms with Crippen LogP contribution in [-0.4, -0.2) is 26.0 Å². The van der Waals surface area contributed by atoms with E-state index in [1.165, 1.54) is 5.56 Å². The van der Waals surface area contributed by atoms with Crippen molar-refractivity contribution < 1.29 is 4.79 Å². The molecule has 0 bridgehead atoms. The normalized spacial score (nSPS) is 12.4. The van der Waals surface area contributed by atoms with Crippen LogP contribution in [0.25, 0.3) is 0 Å². The number of nitrogens with one attached hydrogen (secondary N) is 2. The van der Waals surface area contributed by atoms with E-state index in [-0.39, 0.29) is 11.8 Å². The zero-order chi connectivity index (χ0) is 11.1. The molecule has 3 nitrogen and oxygen atoms in total. The first-order valence-corrected chi connectivity index (χ1v) is 6.11. The van der Waals surface area contributed by atoms with Crippen molar-refractivity contribution in [1.82, 2.24) is 10.6 Å². The van der Waals surface area contributed by atoms with Gasteiger partial charge in [0, 0.05) is 19.0 Å². The minimum absolute atomic E-state index is 0.0393. The van der Waals surface area contributed by atoms with Crippen molar-refractivity contribution in [2.45, 2.75) is 13.3 Å². The third-order valence-corrected chi connectivity index (χ3v) is 2.98. The Balaban J connectivity index is 2.17. The Labute approximate surface area is 94.9 Å². The molecule has 0 radical (unpaired) electrons. The number of amides is 1. The van der Waals surface area contributed by atoms with Crippen LogP contribution in [0, 0.1) is 5.92 Å². The summed E-state index contributed by atoms with van der Waals surface area (Å²) < 4.78 is 0. The average molecular weight is 226 g/mol. The highest BCUT2D eigenvalue weighted by Crippen LogP contribution is 2.05. The summed E-state index contributed by atoms with van der Waals surface area (Å²) in [6, 6.07) is 2.09. The molecule has 1 amide bonds. The van der Waals surface area contributed by atoms with Gasteiger partial charge in [-0.25, -0.2) is 0 Å². The maximum atomic E-state index is 11.5. The van der Waals surface area contributed by atoms with Gasteiger partial charge in [-0.2, -0.15) is 11.3 Å². The molecule has 4 heteroatoms. The van der Waals surface area contributed by atoms with Crippen LogP contribution in [0.5, 0.6) is 0 Å². The summed E-state index contributed by atoms with van der Waals surface area (Å²) in [6.07, 6.45) is 0.918. The van der Waals surface area contributed by atoms with Gasteiger partial charge in [-0.05, 0) is 35.9 Å². The molecule has 0 aliphatic heterocycles. The van der Waals surface area contributed by atoms with Crippen molar-refractivity contribution in [3.8, 4) is 0 Å². The molecule has 0 saturated heterocycles. The molecule has 0 spiro atoms. The molecule has 84 valence electrons. The van der Waals surface area contributed by atoms with Crippen LogP contribution in [0.3, 0.4) is 0 Å². The number of hydrogen-bond acceptors (Lipinski definition) is 3. The van der Waals surface area contributed by atoms with Crippen LogP contribution in [0.4, 0.5) is 0 Å². The van der Waals surface area contributed by atoms with E-state index < -0.39 is 0 Å². The van der Waals surface area contributed by atoms with Crippen molar-refractivity contribution in [2.24, 2.45) is 5.92 Å². The lowest BCUT2D eigenvalue weighted by molar-refractivity contribution is -0.124. The number of carbonyl (C=O) groups excluding carboxylic acids is 1. The van der Waals surface area contributed by atoms with Crippen molar-refractivity contribution in [3.05, 3.63) is 22.4 Å². The lowest BCUT2D eigenvalue weighted by atomic mass is 10.1. The summed E-state index contributed by atoms with van der Waals surface area (Å²) in [4.78, 5) is 11.5. The second-order valence-electron chi connectivity index (χ2n) is 3.63. The van der Waals surface area contributed by atoms with E-state index in [9.17, 15) is 4.79 Å². The Morgan fingerprint density at radius 2 is 2.40 bits per heavy atom. The molecule has 0 aliphatic carbocycles. The third kappa shape index (κ3) is 4.44. The van der Waals surface area contributed by atoms with Gasteiger partial charge in [0.1, 0.15) is 0 Å². The molecule has 1 atom stereocenters. The van der Waals surface area contributed by atoms with Gasteiger partial charge in [-0.3, -0.25) is 4.79 Å². The van der Waals surface area contributed by atoms with E-state index in [2.05, 4.69) is 27.5 Å². The van der Waals surface area contributed by atoms with Gasteiger partial charge in [-0.15, -0.1) is 0 Å². The molecule has 1 aromatic rings. The summed E-state index contributed by atoms with van der Waals surface area (Å²) >= 11 is 1.69. The number of rotatable bonds is 6. The Hall–Kier alpha value is -0.870. The van der Waals surface area contributed by atoms with Crippen LogP contribution in [0.15, 0.2) is 16.8 Å². The third-order valence-electron chi connectivity index (χ3n) is 2.25. The van der Waals surface area contributed by atoms with Gasteiger partial charge in [0.2, 0.25) is 5.91 Å². The Bertz CT molecular complexity index is 285. The Morgan fingerprint density at radius 1 is 1.60 bits per heavy atom. The number of hydrogen-bond donors (Lipinski definition) is 2. The van der Waals surface area contributed by atoms with Crippen LogP contribution < -0.4 is 10.6 Å². The zero-order valence-electron chi connectivity index (χ0n) is 9.25. The summed E-state index contributed by atoms with van der Waals surface area (Å²) in [7, 11) is 1.86. The van der Waals surface area contributed by atoms with Gasteiger partial charge >= 0.3 is 0 Å². The smallest absolute Gasteiger partial charge is 0.224 e. The number of thiophene rings is 1. The quantitative estimate of drug-likeness (QED) is 0.767. The van der Waals surface area contributed by atoms with Gasteiger partial charge in [0.25, 0.3) is 0 Å². The second kappa shape index (κ2) is 6.58. The molecular formula is C11H18N2OS. The van der Waals surface area contributed by atoms with Crippen molar-refractivity contribution in [3.63, 3.8) is 0 Å². The molecule has 2 N–H and O–H groups in total. The topological polar surface area (TPSA) is 41.1 Å². The van der Waals surface area contributed by atoms with Gasteiger partial charge < -0.3 is 10.6 Å². The Kier molecular flexibility index (Phi) is 5.36. The molecule has 15 heavy (non-hydrogen) atoms. The fourth-order valence-corrected chi connectivity index (χ4v) is 2.04. The van der Waals surface area contributed by atoms with E-state index in [1.54, 1.807) is 11.3 Å². The van der Waals surface area contributed by atoms with E-state index in [0.717, 1.165) is 19.5 Å². The van der Waals surface area contributed by atoms with Crippen LogP contribution in [0.2, 0.25) is 0 Å². The summed E-state index contributed by atoms with van der Waals surface area (Å²) in [6.45, 7) is 3.38. The summed E-state index contributed by atoms with van der Waals surface area (Å²) in [5.41, 5.74) is 1.29. The van der Waals surface area contributed by atoms with Crippen LogP contribution in [-0.2, 0) is 11.2 Å². The van der Waals surface area contributed by atoms with Crippen LogP contribution >= 0.6 is 11.3 Å². The molecule has 0 aliphatic rings. The van der Waals surface area contributed by atoms with Gasteiger partial charge in [-0.1, -0.05) is 6.92 Å². The highest BCUT2D eigenvalue weighted by atomic mass is 32.1. The first-order valence-electron chi connectivity index (χ1n) is 5.17. The first-order chi connectivity index (χ1) is 7.24.